The molecule has 0 spiro atoms. The number of methoxy groups -OCH3 is 1. The first-order valence-corrected chi connectivity index (χ1v) is 8.83. The van der Waals surface area contributed by atoms with E-state index in [1.807, 2.05) is 0 Å². The van der Waals surface area contributed by atoms with Gasteiger partial charge in [0.2, 0.25) is 0 Å². The molecule has 142 valence electrons. The summed E-state index contributed by atoms with van der Waals surface area (Å²) in [7, 11) is -2.96. The van der Waals surface area contributed by atoms with E-state index in [-0.39, 0.29) is 11.4 Å². The van der Waals surface area contributed by atoms with E-state index in [9.17, 15) is 21.6 Å². The molecule has 0 fully saturated rings. The van der Waals surface area contributed by atoms with Crippen LogP contribution in [0.2, 0.25) is 0 Å². The van der Waals surface area contributed by atoms with Crippen LogP contribution in [0, 0.1) is 0 Å². The number of ether oxygens (including phenoxy) is 3. The summed E-state index contributed by atoms with van der Waals surface area (Å²) in [6.07, 6.45) is -5.02. The predicted octanol–water partition coefficient (Wildman–Crippen LogP) is 3.79. The van der Waals surface area contributed by atoms with E-state index >= 15 is 0 Å². The molecule has 0 aliphatic rings. The first-order chi connectivity index (χ1) is 12.2. The van der Waals surface area contributed by atoms with Gasteiger partial charge >= 0.3 is 6.36 Å². The lowest BCUT2D eigenvalue weighted by Gasteiger charge is -2.15. The quantitative estimate of drug-likeness (QED) is 0.777. The third kappa shape index (κ3) is 4.94. The van der Waals surface area contributed by atoms with E-state index in [2.05, 4.69) is 9.46 Å². The van der Waals surface area contributed by atoms with Crippen LogP contribution in [0.15, 0.2) is 47.4 Å². The van der Waals surface area contributed by atoms with Gasteiger partial charge in [0.25, 0.3) is 10.0 Å². The fraction of sp³-hybridized carbons (Fsp3) is 0.250. The highest BCUT2D eigenvalue weighted by molar-refractivity contribution is 7.92. The van der Waals surface area contributed by atoms with Gasteiger partial charge in [-0.3, -0.25) is 4.72 Å². The second kappa shape index (κ2) is 7.73. The maximum Gasteiger partial charge on any atom is 0.573 e. The van der Waals surface area contributed by atoms with E-state index < -0.39 is 27.0 Å². The van der Waals surface area contributed by atoms with Gasteiger partial charge in [-0.25, -0.2) is 8.42 Å². The molecule has 2 aromatic carbocycles. The molecule has 0 aliphatic heterocycles. The van der Waals surface area contributed by atoms with Gasteiger partial charge in [0, 0.05) is 6.07 Å². The molecule has 0 amide bonds. The van der Waals surface area contributed by atoms with Crippen molar-refractivity contribution < 1.29 is 35.8 Å². The summed E-state index contributed by atoms with van der Waals surface area (Å²) in [4.78, 5) is -0.648. The summed E-state index contributed by atoms with van der Waals surface area (Å²) in [5.74, 6) is -0.156. The van der Waals surface area contributed by atoms with Crippen LogP contribution >= 0.6 is 0 Å². The van der Waals surface area contributed by atoms with Crippen LogP contribution in [0.4, 0.5) is 18.9 Å². The molecule has 0 unspecified atom stereocenters. The molecule has 6 nitrogen and oxygen atoms in total. The van der Waals surface area contributed by atoms with Gasteiger partial charge in [0.1, 0.15) is 10.6 Å². The van der Waals surface area contributed by atoms with Crippen molar-refractivity contribution in [2.45, 2.75) is 18.2 Å². The molecule has 2 rings (SSSR count). The summed E-state index contributed by atoms with van der Waals surface area (Å²) in [6, 6.07) is 8.69. The topological polar surface area (TPSA) is 73.9 Å². The molecule has 0 atom stereocenters. The van der Waals surface area contributed by atoms with E-state index in [0.717, 1.165) is 12.1 Å². The van der Waals surface area contributed by atoms with Crippen LogP contribution in [0.5, 0.6) is 17.2 Å². The van der Waals surface area contributed by atoms with Crippen molar-refractivity contribution in [1.29, 1.82) is 0 Å². The molecule has 2 aromatic rings. The zero-order valence-corrected chi connectivity index (χ0v) is 14.6. The fourth-order valence-corrected chi connectivity index (χ4v) is 3.28. The Morgan fingerprint density at radius 1 is 1.04 bits per heavy atom. The van der Waals surface area contributed by atoms with E-state index in [0.29, 0.717) is 12.4 Å². The maximum absolute atomic E-state index is 12.5. The van der Waals surface area contributed by atoms with Crippen molar-refractivity contribution in [2.24, 2.45) is 0 Å². The second-order valence-corrected chi connectivity index (χ2v) is 6.55. The summed E-state index contributed by atoms with van der Waals surface area (Å²) < 4.78 is 78.9. The molecule has 0 radical (unpaired) electrons. The van der Waals surface area contributed by atoms with Crippen molar-refractivity contribution in [3.8, 4) is 17.2 Å². The minimum absolute atomic E-state index is 0.0899. The van der Waals surface area contributed by atoms with Gasteiger partial charge < -0.3 is 14.2 Å². The lowest BCUT2D eigenvalue weighted by Crippen LogP contribution is -2.20. The van der Waals surface area contributed by atoms with Gasteiger partial charge in [-0.2, -0.15) is 0 Å². The Kier molecular flexibility index (Phi) is 5.86. The third-order valence-electron chi connectivity index (χ3n) is 3.08. The van der Waals surface area contributed by atoms with Crippen molar-refractivity contribution >= 4 is 15.7 Å². The number of hydrogen-bond acceptors (Lipinski definition) is 5. The largest absolute Gasteiger partial charge is 0.573 e. The summed E-state index contributed by atoms with van der Waals surface area (Å²) >= 11 is 0. The van der Waals surface area contributed by atoms with Crippen LogP contribution in [0.1, 0.15) is 6.92 Å². The molecule has 0 bridgehead atoms. The van der Waals surface area contributed by atoms with Crippen LogP contribution in [0.25, 0.3) is 0 Å². The molecule has 10 heteroatoms. The van der Waals surface area contributed by atoms with E-state index in [4.69, 9.17) is 9.47 Å². The van der Waals surface area contributed by atoms with Crippen molar-refractivity contribution in [1.82, 2.24) is 0 Å². The average molecular weight is 391 g/mol. The van der Waals surface area contributed by atoms with Gasteiger partial charge in [0.15, 0.2) is 11.5 Å². The van der Waals surface area contributed by atoms with Crippen LogP contribution in [-0.4, -0.2) is 28.5 Å². The Balaban J connectivity index is 2.35. The molecule has 0 heterocycles. The summed E-state index contributed by atoms with van der Waals surface area (Å²) in [5.41, 5.74) is 0.0899. The molecule has 1 N–H and O–H groups in total. The minimum atomic E-state index is -5.02. The maximum atomic E-state index is 12.5. The van der Waals surface area contributed by atoms with Gasteiger partial charge in [0.05, 0.1) is 19.4 Å². The van der Waals surface area contributed by atoms with Crippen LogP contribution in [-0.2, 0) is 10.0 Å². The lowest BCUT2D eigenvalue weighted by molar-refractivity contribution is -0.275. The predicted molar refractivity (Wildman–Crippen MR) is 88.1 cm³/mol. The Morgan fingerprint density at radius 3 is 2.35 bits per heavy atom. The number of nitrogens with one attached hydrogen (secondary N) is 1. The number of rotatable bonds is 7. The van der Waals surface area contributed by atoms with Gasteiger partial charge in [-0.1, -0.05) is 12.1 Å². The summed E-state index contributed by atoms with van der Waals surface area (Å²) in [5, 5.41) is 0. The Bertz CT molecular complexity index is 868. The van der Waals surface area contributed by atoms with Crippen molar-refractivity contribution in [2.75, 3.05) is 18.4 Å². The molecular formula is C16H16F3NO5S. The van der Waals surface area contributed by atoms with E-state index in [1.54, 1.807) is 6.92 Å². The number of halogens is 3. The highest BCUT2D eigenvalue weighted by Crippen LogP contribution is 2.33. The molecule has 0 saturated carbocycles. The molecule has 0 aromatic heterocycles. The molecule has 0 aliphatic carbocycles. The van der Waals surface area contributed by atoms with Crippen molar-refractivity contribution in [3.05, 3.63) is 42.5 Å². The fourth-order valence-electron chi connectivity index (χ4n) is 2.10. The monoisotopic (exact) mass is 391 g/mol. The Hall–Kier alpha value is -2.62. The van der Waals surface area contributed by atoms with Crippen LogP contribution in [0.3, 0.4) is 0 Å². The van der Waals surface area contributed by atoms with Gasteiger partial charge in [-0.05, 0) is 31.2 Å². The highest BCUT2D eigenvalue weighted by Gasteiger charge is 2.34. The molecule has 26 heavy (non-hydrogen) atoms. The Morgan fingerprint density at radius 2 is 1.73 bits per heavy atom. The first-order valence-electron chi connectivity index (χ1n) is 7.34. The lowest BCUT2D eigenvalue weighted by atomic mass is 10.3. The first kappa shape index (κ1) is 19.7. The third-order valence-corrected chi connectivity index (χ3v) is 4.50. The number of hydrogen-bond donors (Lipinski definition) is 1. The number of anilines is 1. The molecule has 0 saturated heterocycles. The summed E-state index contributed by atoms with van der Waals surface area (Å²) in [6.45, 7) is 2.15. The number of sulfonamides is 1. The van der Waals surface area contributed by atoms with Crippen LogP contribution < -0.4 is 18.9 Å². The Labute approximate surface area is 148 Å². The van der Waals surface area contributed by atoms with Crippen molar-refractivity contribution in [3.63, 3.8) is 0 Å². The SMILES string of the molecule is CCOc1ccc(NS(=O)(=O)c2ccccc2OC(F)(F)F)cc1OC. The second-order valence-electron chi connectivity index (χ2n) is 4.90. The van der Waals surface area contributed by atoms with E-state index in [1.165, 1.54) is 37.4 Å². The molecular weight excluding hydrogens is 375 g/mol. The normalized spacial score (nSPS) is 11.7. The zero-order chi connectivity index (χ0) is 19.4. The number of alkyl halides is 3. The smallest absolute Gasteiger partial charge is 0.493 e. The number of para-hydroxylation sites is 1. The van der Waals surface area contributed by atoms with Gasteiger partial charge in [-0.15, -0.1) is 13.2 Å². The highest BCUT2D eigenvalue weighted by atomic mass is 32.2. The standard InChI is InChI=1S/C16H16F3NO5S/c1-3-24-12-9-8-11(10-14(12)23-2)20-26(21,22)15-7-5-4-6-13(15)25-16(17,18)19/h4-10,20H,3H2,1-2H3. The zero-order valence-electron chi connectivity index (χ0n) is 13.8. The average Bonchev–Trinajstić information content (AvgIpc) is 2.55. The number of benzene rings is 2. The minimum Gasteiger partial charge on any atom is -0.493 e.